The zero-order valence-electron chi connectivity index (χ0n) is 10.4. The molecule has 0 bridgehead atoms. The molecular weight excluding hydrogens is 236 g/mol. The number of carbonyl (C=O) groups excluding carboxylic acids is 1. The molecule has 0 spiro atoms. The number of aromatic nitrogens is 2. The second-order valence-corrected chi connectivity index (χ2v) is 4.01. The van der Waals surface area contributed by atoms with Gasteiger partial charge >= 0.3 is 0 Å². The van der Waals surface area contributed by atoms with Crippen LogP contribution in [0.5, 0.6) is 0 Å². The third-order valence-electron chi connectivity index (χ3n) is 2.56. The summed E-state index contributed by atoms with van der Waals surface area (Å²) in [6.45, 7) is 1.29. The van der Waals surface area contributed by atoms with E-state index in [2.05, 4.69) is 5.10 Å². The van der Waals surface area contributed by atoms with Crippen molar-refractivity contribution in [3.63, 3.8) is 0 Å². The van der Waals surface area contributed by atoms with Crippen molar-refractivity contribution >= 4 is 5.91 Å². The van der Waals surface area contributed by atoms with Crippen molar-refractivity contribution in [2.75, 3.05) is 20.1 Å². The zero-order valence-corrected chi connectivity index (χ0v) is 10.4. The average Bonchev–Trinajstić information content (AvgIpc) is 2.36. The van der Waals surface area contributed by atoms with Crippen LogP contribution < -0.4 is 16.9 Å². The van der Waals surface area contributed by atoms with Gasteiger partial charge in [0.05, 0.1) is 6.54 Å². The Morgan fingerprint density at radius 1 is 1.44 bits per heavy atom. The zero-order chi connectivity index (χ0) is 13.5. The Morgan fingerprint density at radius 3 is 2.83 bits per heavy atom. The highest BCUT2D eigenvalue weighted by molar-refractivity contribution is 5.75. The second kappa shape index (κ2) is 6.75. The molecule has 0 atom stereocenters. The van der Waals surface area contributed by atoms with E-state index in [4.69, 9.17) is 5.73 Å². The highest BCUT2D eigenvalue weighted by atomic mass is 16.2. The van der Waals surface area contributed by atoms with Gasteiger partial charge in [-0.15, -0.1) is 0 Å². The van der Waals surface area contributed by atoms with E-state index >= 15 is 0 Å². The smallest absolute Gasteiger partial charge is 0.265 e. The summed E-state index contributed by atoms with van der Waals surface area (Å²) in [4.78, 5) is 35.7. The molecule has 3 N–H and O–H groups in total. The Hall–Kier alpha value is -1.89. The Morgan fingerprint density at radius 2 is 2.17 bits per heavy atom. The van der Waals surface area contributed by atoms with E-state index in [1.165, 1.54) is 6.07 Å². The van der Waals surface area contributed by atoms with E-state index < -0.39 is 0 Å². The fourth-order valence-electron chi connectivity index (χ4n) is 1.48. The van der Waals surface area contributed by atoms with Crippen LogP contribution >= 0.6 is 0 Å². The second-order valence-electron chi connectivity index (χ2n) is 4.01. The first-order chi connectivity index (χ1) is 8.54. The lowest BCUT2D eigenvalue weighted by Gasteiger charge is -2.16. The van der Waals surface area contributed by atoms with Gasteiger partial charge in [0.1, 0.15) is 0 Å². The number of nitrogens with one attached hydrogen (secondary N) is 1. The Kier molecular flexibility index (Phi) is 5.31. The molecule has 0 saturated heterocycles. The van der Waals surface area contributed by atoms with Gasteiger partial charge in [-0.3, -0.25) is 19.5 Å². The van der Waals surface area contributed by atoms with Crippen molar-refractivity contribution in [3.8, 4) is 0 Å². The van der Waals surface area contributed by atoms with Crippen LogP contribution in [-0.2, 0) is 11.3 Å². The quantitative estimate of drug-likeness (QED) is 0.661. The molecule has 1 amide bonds. The molecule has 18 heavy (non-hydrogen) atoms. The molecule has 100 valence electrons. The van der Waals surface area contributed by atoms with Gasteiger partial charge in [0.25, 0.3) is 11.1 Å². The van der Waals surface area contributed by atoms with E-state index in [-0.39, 0.29) is 30.0 Å². The predicted molar refractivity (Wildman–Crippen MR) is 67.2 cm³/mol. The van der Waals surface area contributed by atoms with Gasteiger partial charge in [-0.25, -0.2) is 4.68 Å². The summed E-state index contributed by atoms with van der Waals surface area (Å²) in [5.41, 5.74) is 4.67. The molecule has 0 fully saturated rings. The average molecular weight is 254 g/mol. The first-order valence-corrected chi connectivity index (χ1v) is 5.79. The number of rotatable bonds is 6. The fraction of sp³-hybridized carbons (Fsp3) is 0.545. The lowest BCUT2D eigenvalue weighted by atomic mass is 10.3. The maximum Gasteiger partial charge on any atom is 0.265 e. The highest BCUT2D eigenvalue weighted by Gasteiger charge is 2.08. The van der Waals surface area contributed by atoms with Crippen LogP contribution in [0.4, 0.5) is 0 Å². The predicted octanol–water partition coefficient (Wildman–Crippen LogP) is -1.27. The summed E-state index contributed by atoms with van der Waals surface area (Å²) >= 11 is 0. The normalized spacial score (nSPS) is 10.3. The van der Waals surface area contributed by atoms with Crippen LogP contribution in [0.2, 0.25) is 0 Å². The Bertz CT molecular complexity index is 506. The molecule has 7 nitrogen and oxygen atoms in total. The van der Waals surface area contributed by atoms with Crippen LogP contribution in [0.15, 0.2) is 21.7 Å². The topological polar surface area (TPSA) is 101 Å². The summed E-state index contributed by atoms with van der Waals surface area (Å²) in [5, 5.41) is 2.37. The molecule has 0 aliphatic carbocycles. The third kappa shape index (κ3) is 4.17. The number of aryl methyl sites for hydroxylation is 1. The minimum Gasteiger partial charge on any atom is -0.346 e. The van der Waals surface area contributed by atoms with Crippen LogP contribution in [0.3, 0.4) is 0 Å². The van der Waals surface area contributed by atoms with Crippen molar-refractivity contribution in [2.45, 2.75) is 19.4 Å². The van der Waals surface area contributed by atoms with E-state index in [0.29, 0.717) is 13.1 Å². The van der Waals surface area contributed by atoms with Crippen LogP contribution in [0.25, 0.3) is 0 Å². The minimum absolute atomic E-state index is 0.0833. The molecule has 0 aliphatic heterocycles. The largest absolute Gasteiger partial charge is 0.346 e. The third-order valence-corrected chi connectivity index (χ3v) is 2.56. The molecule has 1 aromatic heterocycles. The molecule has 0 radical (unpaired) electrons. The van der Waals surface area contributed by atoms with Crippen molar-refractivity contribution in [1.29, 1.82) is 0 Å². The SMILES string of the molecule is CN(CCCN)C(=O)CCn1[nH]c(=O)ccc1=O. The lowest BCUT2D eigenvalue weighted by Crippen LogP contribution is -2.33. The Labute approximate surface area is 104 Å². The fourth-order valence-corrected chi connectivity index (χ4v) is 1.48. The lowest BCUT2D eigenvalue weighted by molar-refractivity contribution is -0.130. The van der Waals surface area contributed by atoms with Crippen molar-refractivity contribution in [1.82, 2.24) is 14.7 Å². The molecule has 0 unspecified atom stereocenters. The number of nitrogens with two attached hydrogens (primary N) is 1. The maximum atomic E-state index is 11.7. The summed E-state index contributed by atoms with van der Waals surface area (Å²) in [7, 11) is 1.69. The van der Waals surface area contributed by atoms with Gasteiger partial charge in [-0.1, -0.05) is 0 Å². The number of nitrogens with zero attached hydrogens (tertiary/aromatic N) is 2. The van der Waals surface area contributed by atoms with E-state index in [1.54, 1.807) is 11.9 Å². The number of hydrogen-bond acceptors (Lipinski definition) is 4. The van der Waals surface area contributed by atoms with Crippen LogP contribution in [-0.4, -0.2) is 40.7 Å². The summed E-state index contributed by atoms with van der Waals surface area (Å²) < 4.78 is 1.14. The van der Waals surface area contributed by atoms with Crippen LogP contribution in [0, 0.1) is 0 Å². The summed E-state index contributed by atoms with van der Waals surface area (Å²) in [6.07, 6.45) is 0.908. The first kappa shape index (κ1) is 14.2. The van der Waals surface area contributed by atoms with Gasteiger partial charge in [0, 0.05) is 32.1 Å². The molecule has 1 aromatic rings. The van der Waals surface area contributed by atoms with Gasteiger partial charge in [-0.2, -0.15) is 0 Å². The Balaban J connectivity index is 2.54. The monoisotopic (exact) mass is 254 g/mol. The van der Waals surface area contributed by atoms with Crippen molar-refractivity contribution in [2.24, 2.45) is 5.73 Å². The van der Waals surface area contributed by atoms with E-state index in [9.17, 15) is 14.4 Å². The summed E-state index contributed by atoms with van der Waals surface area (Å²) in [5.74, 6) is -0.0833. The molecule has 0 saturated carbocycles. The van der Waals surface area contributed by atoms with Gasteiger partial charge in [0.15, 0.2) is 0 Å². The minimum atomic E-state index is -0.362. The molecule has 0 aromatic carbocycles. The number of aromatic amines is 1. The summed E-state index contributed by atoms with van der Waals surface area (Å²) in [6, 6.07) is 2.34. The van der Waals surface area contributed by atoms with Crippen LogP contribution in [0.1, 0.15) is 12.8 Å². The van der Waals surface area contributed by atoms with Crippen molar-refractivity contribution < 1.29 is 4.79 Å². The number of carbonyl (C=O) groups is 1. The van der Waals surface area contributed by atoms with E-state index in [1.807, 2.05) is 0 Å². The maximum absolute atomic E-state index is 11.7. The molecule has 1 heterocycles. The number of amides is 1. The molecule has 1 rings (SSSR count). The van der Waals surface area contributed by atoms with Gasteiger partial charge < -0.3 is 10.6 Å². The standard InChI is InChI=1S/C11H18N4O3/c1-14(7-2-6-12)10(17)5-8-15-11(18)4-3-9(16)13-15/h3-4H,2,5-8,12H2,1H3,(H,13,16). The first-order valence-electron chi connectivity index (χ1n) is 5.79. The highest BCUT2D eigenvalue weighted by Crippen LogP contribution is 1.93. The number of hydrogen-bond donors (Lipinski definition) is 2. The molecular formula is C11H18N4O3. The van der Waals surface area contributed by atoms with Gasteiger partial charge in [-0.05, 0) is 13.0 Å². The van der Waals surface area contributed by atoms with E-state index in [0.717, 1.165) is 17.2 Å². The van der Waals surface area contributed by atoms with Gasteiger partial charge in [0.2, 0.25) is 5.91 Å². The molecule has 0 aliphatic rings. The number of H-pyrrole nitrogens is 1. The van der Waals surface area contributed by atoms with Crippen molar-refractivity contribution in [3.05, 3.63) is 32.8 Å². The molecule has 7 heteroatoms.